The molecule has 1 aliphatic rings. The van der Waals surface area contributed by atoms with Crippen molar-refractivity contribution in [3.05, 3.63) is 0 Å². The van der Waals surface area contributed by atoms with Crippen LogP contribution < -0.4 is 0 Å². The van der Waals surface area contributed by atoms with Gasteiger partial charge >= 0.3 is 43.1 Å². The third-order valence-electron chi connectivity index (χ3n) is 1.92. The Morgan fingerprint density at radius 2 is 1.27 bits per heavy atom. The number of aliphatic imine (C=N–C) groups is 1. The maximum absolute atomic E-state index is 12.0. The molecular formula is C7H5F9N2O6S2. The van der Waals surface area contributed by atoms with Crippen molar-refractivity contribution < 1.29 is 65.9 Å². The predicted octanol–water partition coefficient (Wildman–Crippen LogP) is 1.12. The van der Waals surface area contributed by atoms with Gasteiger partial charge in [-0.05, 0) is 0 Å². The van der Waals surface area contributed by atoms with Crippen LogP contribution in [0.5, 0.6) is 0 Å². The molecule has 0 saturated heterocycles. The molecule has 0 aromatic carbocycles. The lowest BCUT2D eigenvalue weighted by Crippen LogP contribution is -2.55. The molecule has 26 heavy (non-hydrogen) atoms. The molecule has 1 heterocycles. The Morgan fingerprint density at radius 3 is 1.42 bits per heavy atom. The van der Waals surface area contributed by atoms with Crippen molar-refractivity contribution in [1.29, 1.82) is 0 Å². The number of alkyl halides is 9. The van der Waals surface area contributed by atoms with E-state index in [9.17, 15) is 61.1 Å². The number of rotatable bonds is 2. The fraction of sp³-hybridized carbons (Fsp3) is 0.714. The minimum absolute atomic E-state index is 0.778. The van der Waals surface area contributed by atoms with Crippen LogP contribution in [0.4, 0.5) is 39.5 Å². The van der Waals surface area contributed by atoms with Crippen LogP contribution in [0.15, 0.2) is 4.99 Å². The van der Waals surface area contributed by atoms with E-state index in [0.29, 0.717) is 0 Å². The Morgan fingerprint density at radius 1 is 0.885 bits per heavy atom. The van der Waals surface area contributed by atoms with Gasteiger partial charge in [-0.25, -0.2) is 0 Å². The van der Waals surface area contributed by atoms with Crippen molar-refractivity contribution in [3.8, 4) is 0 Å². The van der Waals surface area contributed by atoms with Gasteiger partial charge in [0.25, 0.3) is 0 Å². The van der Waals surface area contributed by atoms with Gasteiger partial charge in [0.1, 0.15) is 6.61 Å². The van der Waals surface area contributed by atoms with E-state index in [4.69, 9.17) is 0 Å². The molecule has 1 rings (SSSR count). The van der Waals surface area contributed by atoms with Crippen LogP contribution >= 0.6 is 0 Å². The number of amides is 1. The standard InChI is InChI=1S/C4F9NO5S2.C3H5NO/c5-2(6,7)1(15)14(20(16,17)3(8,9)10)21(18,19)4(11,12)13;1-2-5-3-4-1/h;3H,1-2H2. The lowest BCUT2D eigenvalue weighted by molar-refractivity contribution is -0.177. The maximum atomic E-state index is 12.0. The molecule has 0 aromatic rings. The summed E-state index contributed by atoms with van der Waals surface area (Å²) in [6.45, 7) is 1.62. The summed E-state index contributed by atoms with van der Waals surface area (Å²) in [5, 5.41) is 0. The summed E-state index contributed by atoms with van der Waals surface area (Å²) in [5.41, 5.74) is -13.8. The van der Waals surface area contributed by atoms with Gasteiger partial charge in [0.2, 0.25) is 0 Å². The highest BCUT2D eigenvalue weighted by Gasteiger charge is 2.67. The zero-order valence-corrected chi connectivity index (χ0v) is 13.2. The summed E-state index contributed by atoms with van der Waals surface area (Å²) >= 11 is 0. The van der Waals surface area contributed by atoms with Crippen molar-refractivity contribution in [1.82, 2.24) is 3.71 Å². The zero-order chi connectivity index (χ0) is 21.2. The van der Waals surface area contributed by atoms with Crippen LogP contribution in [0, 0.1) is 0 Å². The number of hydrogen-bond donors (Lipinski definition) is 0. The van der Waals surface area contributed by atoms with Gasteiger partial charge in [0, 0.05) is 0 Å². The molecule has 1 aliphatic heterocycles. The molecule has 0 bridgehead atoms. The van der Waals surface area contributed by atoms with Crippen molar-refractivity contribution in [2.45, 2.75) is 17.2 Å². The molecule has 154 valence electrons. The molecule has 19 heteroatoms. The average molecular weight is 448 g/mol. The molecular weight excluding hydrogens is 443 g/mol. The summed E-state index contributed by atoms with van der Waals surface area (Å²) in [5.74, 6) is -4.39. The first-order valence-corrected chi connectivity index (χ1v) is 8.30. The number of carbonyl (C=O) groups is 1. The van der Waals surface area contributed by atoms with E-state index in [2.05, 4.69) is 9.73 Å². The van der Waals surface area contributed by atoms with Crippen LogP contribution in [0.2, 0.25) is 0 Å². The molecule has 0 aliphatic carbocycles. The third-order valence-corrected chi connectivity index (χ3v) is 5.47. The van der Waals surface area contributed by atoms with E-state index >= 15 is 0 Å². The Kier molecular flexibility index (Phi) is 6.93. The van der Waals surface area contributed by atoms with Crippen molar-refractivity contribution in [2.75, 3.05) is 13.2 Å². The fourth-order valence-electron chi connectivity index (χ4n) is 0.903. The lowest BCUT2D eigenvalue weighted by Gasteiger charge is -2.24. The highest BCUT2D eigenvalue weighted by atomic mass is 32.3. The average Bonchev–Trinajstić information content (AvgIpc) is 2.92. The molecule has 0 fully saturated rings. The Bertz CT molecular complexity index is 699. The SMILES string of the molecule is C1=NCCO1.O=C(N(S(=O)(=O)C(F)(F)F)S(=O)(=O)C(F)(F)F)C(F)(F)F. The maximum Gasteiger partial charge on any atom is 0.517 e. The first-order chi connectivity index (χ1) is 11.3. The zero-order valence-electron chi connectivity index (χ0n) is 11.6. The Labute approximate surface area is 138 Å². The number of hydrogen-bond acceptors (Lipinski definition) is 7. The second-order valence-electron chi connectivity index (χ2n) is 3.78. The van der Waals surface area contributed by atoms with Crippen LogP contribution in [0.25, 0.3) is 0 Å². The van der Waals surface area contributed by atoms with E-state index < -0.39 is 46.9 Å². The number of ether oxygens (including phenoxy) is 1. The first-order valence-electron chi connectivity index (χ1n) is 5.42. The van der Waals surface area contributed by atoms with Crippen molar-refractivity contribution >= 4 is 32.4 Å². The Hall–Kier alpha value is -1.79. The van der Waals surface area contributed by atoms with Gasteiger partial charge in [-0.1, -0.05) is 0 Å². The second-order valence-corrected chi connectivity index (χ2v) is 7.57. The topological polar surface area (TPSA) is 110 Å². The van der Waals surface area contributed by atoms with Gasteiger partial charge in [0.15, 0.2) is 6.40 Å². The number of sulfonamides is 2. The van der Waals surface area contributed by atoms with E-state index in [1.54, 1.807) is 0 Å². The molecule has 0 atom stereocenters. The normalized spacial score (nSPS) is 15.7. The van der Waals surface area contributed by atoms with E-state index in [-0.39, 0.29) is 0 Å². The van der Waals surface area contributed by atoms with Gasteiger partial charge in [0.05, 0.1) is 6.54 Å². The van der Waals surface area contributed by atoms with Crippen LogP contribution in [0.1, 0.15) is 0 Å². The largest absolute Gasteiger partial charge is 0.517 e. The monoisotopic (exact) mass is 448 g/mol. The smallest absolute Gasteiger partial charge is 0.482 e. The minimum atomic E-state index is -7.81. The third kappa shape index (κ3) is 5.35. The predicted molar refractivity (Wildman–Crippen MR) is 62.2 cm³/mol. The molecule has 0 spiro atoms. The van der Waals surface area contributed by atoms with Crippen LogP contribution in [-0.2, 0) is 29.6 Å². The lowest BCUT2D eigenvalue weighted by atomic mass is 10.6. The second kappa shape index (κ2) is 7.45. The van der Waals surface area contributed by atoms with E-state index in [1.807, 2.05) is 0 Å². The van der Waals surface area contributed by atoms with Crippen molar-refractivity contribution in [2.24, 2.45) is 4.99 Å². The molecule has 8 nitrogen and oxygen atoms in total. The highest BCUT2D eigenvalue weighted by Crippen LogP contribution is 2.37. The summed E-state index contributed by atoms with van der Waals surface area (Å²) in [7, 11) is -15.6. The number of halogens is 9. The van der Waals surface area contributed by atoms with Gasteiger partial charge < -0.3 is 4.74 Å². The molecule has 0 saturated carbocycles. The number of nitrogens with zero attached hydrogens (tertiary/aromatic N) is 2. The van der Waals surface area contributed by atoms with E-state index in [0.717, 1.165) is 13.2 Å². The summed E-state index contributed by atoms with van der Waals surface area (Å²) in [6.07, 6.45) is -5.16. The van der Waals surface area contributed by atoms with Crippen LogP contribution in [-0.4, -0.2) is 63.2 Å². The highest BCUT2D eigenvalue weighted by molar-refractivity contribution is 8.05. The summed E-state index contributed by atoms with van der Waals surface area (Å²) in [6, 6.07) is 0. The van der Waals surface area contributed by atoms with Gasteiger partial charge in [-0.2, -0.15) is 56.3 Å². The molecule has 0 aromatic heterocycles. The molecule has 0 radical (unpaired) electrons. The van der Waals surface area contributed by atoms with Gasteiger partial charge in [-0.15, -0.1) is 3.71 Å². The van der Waals surface area contributed by atoms with E-state index in [1.165, 1.54) is 6.40 Å². The summed E-state index contributed by atoms with van der Waals surface area (Å²) in [4.78, 5) is 14.1. The molecule has 0 unspecified atom stereocenters. The van der Waals surface area contributed by atoms with Crippen molar-refractivity contribution in [3.63, 3.8) is 0 Å². The minimum Gasteiger partial charge on any atom is -0.482 e. The Balaban J connectivity index is 0.00000106. The van der Waals surface area contributed by atoms with Crippen LogP contribution in [0.3, 0.4) is 0 Å². The fourth-order valence-corrected chi connectivity index (χ4v) is 3.46. The summed E-state index contributed by atoms with van der Waals surface area (Å²) < 4.78 is 151. The quantitative estimate of drug-likeness (QED) is 0.586. The molecule has 1 amide bonds. The molecule has 0 N–H and O–H groups in total. The number of carbonyl (C=O) groups excluding carboxylic acids is 1. The first kappa shape index (κ1) is 24.2. The van der Waals surface area contributed by atoms with Gasteiger partial charge in [-0.3, -0.25) is 9.79 Å².